The van der Waals surface area contributed by atoms with Gasteiger partial charge in [0.15, 0.2) is 5.76 Å². The van der Waals surface area contributed by atoms with Crippen LogP contribution in [0, 0.1) is 6.92 Å². The third-order valence-electron chi connectivity index (χ3n) is 4.24. The summed E-state index contributed by atoms with van der Waals surface area (Å²) >= 11 is 1.29. The molecule has 1 fully saturated rings. The van der Waals surface area contributed by atoms with Crippen molar-refractivity contribution in [2.45, 2.75) is 25.7 Å². The van der Waals surface area contributed by atoms with Crippen LogP contribution in [0.25, 0.3) is 10.6 Å². The van der Waals surface area contributed by atoms with Crippen molar-refractivity contribution >= 4 is 17.4 Å². The Morgan fingerprint density at radius 2 is 2.32 bits per heavy atom. The zero-order chi connectivity index (χ0) is 17.2. The third-order valence-corrected chi connectivity index (χ3v) is 5.00. The lowest BCUT2D eigenvalue weighted by Gasteiger charge is -2.31. The van der Waals surface area contributed by atoms with Crippen molar-refractivity contribution in [3.8, 4) is 10.6 Å². The first-order valence-electron chi connectivity index (χ1n) is 8.03. The Bertz CT molecular complexity index is 878. The molecule has 1 aliphatic heterocycles. The molecule has 9 heteroatoms. The number of nitrogens with zero attached hydrogens (tertiary/aromatic N) is 6. The van der Waals surface area contributed by atoms with Gasteiger partial charge in [-0.1, -0.05) is 9.64 Å². The van der Waals surface area contributed by atoms with Crippen LogP contribution < -0.4 is 0 Å². The van der Waals surface area contributed by atoms with E-state index in [0.717, 1.165) is 29.1 Å². The van der Waals surface area contributed by atoms with Crippen molar-refractivity contribution in [2.75, 3.05) is 13.1 Å². The summed E-state index contributed by atoms with van der Waals surface area (Å²) in [6.07, 6.45) is 6.45. The third kappa shape index (κ3) is 3.14. The highest BCUT2D eigenvalue weighted by atomic mass is 32.1. The van der Waals surface area contributed by atoms with Crippen LogP contribution in [0.4, 0.5) is 0 Å². The number of carbonyl (C=O) groups excluding carboxylic acids is 1. The van der Waals surface area contributed by atoms with Crippen molar-refractivity contribution in [2.24, 2.45) is 0 Å². The van der Waals surface area contributed by atoms with Crippen LogP contribution in [0.3, 0.4) is 0 Å². The van der Waals surface area contributed by atoms with Gasteiger partial charge in [-0.2, -0.15) is 0 Å². The van der Waals surface area contributed by atoms with Gasteiger partial charge in [0.2, 0.25) is 0 Å². The molecule has 25 heavy (non-hydrogen) atoms. The molecule has 1 saturated heterocycles. The summed E-state index contributed by atoms with van der Waals surface area (Å²) in [6.45, 7) is 3.17. The van der Waals surface area contributed by atoms with Crippen LogP contribution in [0.1, 0.15) is 40.6 Å². The fourth-order valence-electron chi connectivity index (χ4n) is 3.06. The summed E-state index contributed by atoms with van der Waals surface area (Å²) < 4.78 is 9.45. The zero-order valence-corrected chi connectivity index (χ0v) is 14.4. The number of aryl methyl sites for hydroxylation is 1. The van der Waals surface area contributed by atoms with Crippen LogP contribution in [-0.2, 0) is 0 Å². The molecule has 8 nitrogen and oxygen atoms in total. The quantitative estimate of drug-likeness (QED) is 0.710. The van der Waals surface area contributed by atoms with E-state index in [-0.39, 0.29) is 11.8 Å². The average molecular weight is 356 g/mol. The molecule has 1 atom stereocenters. The van der Waals surface area contributed by atoms with E-state index in [1.807, 2.05) is 17.9 Å². The molecule has 4 heterocycles. The minimum atomic E-state index is -0.0990. The fraction of sp³-hybridized carbons (Fsp3) is 0.375. The predicted octanol–water partition coefficient (Wildman–Crippen LogP) is 2.31. The number of rotatable bonds is 3. The summed E-state index contributed by atoms with van der Waals surface area (Å²) in [5.41, 5.74) is 2.06. The molecular weight excluding hydrogens is 340 g/mol. The molecular formula is C16H16N6O2S. The van der Waals surface area contributed by atoms with Crippen molar-refractivity contribution in [1.82, 2.24) is 29.6 Å². The van der Waals surface area contributed by atoms with Crippen LogP contribution >= 0.6 is 11.5 Å². The SMILES string of the molecule is Cc1cc(-c2snnc2C2CCCN(C(=O)c3cnccn3)C2)on1. The number of carbonyl (C=O) groups is 1. The highest BCUT2D eigenvalue weighted by Gasteiger charge is 2.30. The maximum Gasteiger partial charge on any atom is 0.274 e. The molecule has 0 N–H and O–H groups in total. The number of hydrogen-bond donors (Lipinski definition) is 0. The van der Waals surface area contributed by atoms with E-state index in [9.17, 15) is 4.79 Å². The molecule has 0 saturated carbocycles. The molecule has 0 spiro atoms. The maximum atomic E-state index is 12.6. The largest absolute Gasteiger partial charge is 0.355 e. The summed E-state index contributed by atoms with van der Waals surface area (Å²) in [4.78, 5) is 23.4. The molecule has 0 aromatic carbocycles. The molecule has 4 rings (SSSR count). The second-order valence-electron chi connectivity index (χ2n) is 6.00. The molecule has 3 aromatic heterocycles. The highest BCUT2D eigenvalue weighted by molar-refractivity contribution is 7.09. The van der Waals surface area contributed by atoms with Gasteiger partial charge in [0.05, 0.1) is 17.6 Å². The van der Waals surface area contributed by atoms with Crippen LogP contribution in [0.2, 0.25) is 0 Å². The molecule has 1 unspecified atom stereocenters. The number of hydrogen-bond acceptors (Lipinski definition) is 8. The first-order chi connectivity index (χ1) is 12.2. The van der Waals surface area contributed by atoms with Gasteiger partial charge < -0.3 is 9.42 Å². The van der Waals surface area contributed by atoms with Crippen molar-refractivity contribution in [3.05, 3.63) is 41.7 Å². The Labute approximate surface area is 148 Å². The Morgan fingerprint density at radius 1 is 1.40 bits per heavy atom. The van der Waals surface area contributed by atoms with Crippen molar-refractivity contribution in [3.63, 3.8) is 0 Å². The topological polar surface area (TPSA) is 97.9 Å². The number of aromatic nitrogens is 5. The molecule has 0 bridgehead atoms. The standard InChI is InChI=1S/C16H16N6O2S/c1-10-7-13(24-20-10)15-14(19-21-25-15)11-3-2-6-22(9-11)16(23)12-8-17-4-5-18-12/h4-5,7-8,11H,2-3,6,9H2,1H3. The Balaban J connectivity index is 1.56. The van der Waals surface area contributed by atoms with E-state index >= 15 is 0 Å². The van der Waals surface area contributed by atoms with Crippen LogP contribution in [0.5, 0.6) is 0 Å². The molecule has 1 aliphatic rings. The van der Waals surface area contributed by atoms with E-state index in [4.69, 9.17) is 4.52 Å². The van der Waals surface area contributed by atoms with Crippen LogP contribution in [0.15, 0.2) is 29.2 Å². The average Bonchev–Trinajstić information content (AvgIpc) is 3.30. The van der Waals surface area contributed by atoms with Gasteiger partial charge in [0.1, 0.15) is 10.6 Å². The molecule has 0 radical (unpaired) electrons. The first-order valence-corrected chi connectivity index (χ1v) is 8.81. The van der Waals surface area contributed by atoms with Gasteiger partial charge in [-0.25, -0.2) is 4.98 Å². The van der Waals surface area contributed by atoms with Gasteiger partial charge >= 0.3 is 0 Å². The zero-order valence-electron chi connectivity index (χ0n) is 13.6. The molecule has 1 amide bonds. The van der Waals surface area contributed by atoms with E-state index in [1.165, 1.54) is 23.9 Å². The predicted molar refractivity (Wildman–Crippen MR) is 90.1 cm³/mol. The van der Waals surface area contributed by atoms with E-state index in [2.05, 4.69) is 24.7 Å². The molecule has 128 valence electrons. The Hall–Kier alpha value is -2.68. The van der Waals surface area contributed by atoms with Gasteiger partial charge in [0.25, 0.3) is 5.91 Å². The van der Waals surface area contributed by atoms with Gasteiger partial charge in [-0.3, -0.25) is 9.78 Å². The van der Waals surface area contributed by atoms with Crippen molar-refractivity contribution < 1.29 is 9.32 Å². The van der Waals surface area contributed by atoms with E-state index in [1.54, 1.807) is 6.20 Å². The maximum absolute atomic E-state index is 12.6. The second kappa shape index (κ2) is 6.67. The van der Waals surface area contributed by atoms with E-state index < -0.39 is 0 Å². The normalized spacial score (nSPS) is 17.6. The summed E-state index contributed by atoms with van der Waals surface area (Å²) in [7, 11) is 0. The van der Waals surface area contributed by atoms with Gasteiger partial charge in [-0.15, -0.1) is 5.10 Å². The monoisotopic (exact) mass is 356 g/mol. The smallest absolute Gasteiger partial charge is 0.274 e. The summed E-state index contributed by atoms with van der Waals surface area (Å²) in [6, 6.07) is 1.88. The highest BCUT2D eigenvalue weighted by Crippen LogP contribution is 2.35. The van der Waals surface area contributed by atoms with Crippen LogP contribution in [-0.4, -0.2) is 48.6 Å². The van der Waals surface area contributed by atoms with Gasteiger partial charge in [-0.05, 0) is 31.3 Å². The number of likely N-dealkylation sites (tertiary alicyclic amines) is 1. The lowest BCUT2D eigenvalue weighted by molar-refractivity contribution is 0.0699. The molecule has 3 aromatic rings. The minimum Gasteiger partial charge on any atom is -0.355 e. The van der Waals surface area contributed by atoms with Crippen molar-refractivity contribution in [1.29, 1.82) is 0 Å². The lowest BCUT2D eigenvalue weighted by atomic mass is 9.93. The minimum absolute atomic E-state index is 0.0990. The number of piperidine rings is 1. The Kier molecular flexibility index (Phi) is 4.22. The summed E-state index contributed by atoms with van der Waals surface area (Å²) in [5, 5.41) is 8.24. The lowest BCUT2D eigenvalue weighted by Crippen LogP contribution is -2.39. The first kappa shape index (κ1) is 15.8. The summed E-state index contributed by atoms with van der Waals surface area (Å²) in [5.74, 6) is 0.700. The second-order valence-corrected chi connectivity index (χ2v) is 6.75. The van der Waals surface area contributed by atoms with E-state index in [0.29, 0.717) is 24.5 Å². The number of amides is 1. The fourth-order valence-corrected chi connectivity index (χ4v) is 3.76. The van der Waals surface area contributed by atoms with Gasteiger partial charge in [0, 0.05) is 37.5 Å². The Morgan fingerprint density at radius 3 is 3.08 bits per heavy atom. The molecule has 0 aliphatic carbocycles.